The molecule has 2 aliphatic heterocycles. The highest BCUT2D eigenvalue weighted by Gasteiger charge is 2.35. The molecule has 5 aromatic rings. The van der Waals surface area contributed by atoms with Crippen molar-refractivity contribution in [3.63, 3.8) is 0 Å². The number of nitrogens with two attached hydrogens (primary N) is 2. The van der Waals surface area contributed by atoms with E-state index < -0.39 is 150 Å². The van der Waals surface area contributed by atoms with Crippen molar-refractivity contribution in [1.29, 1.82) is 0 Å². The van der Waals surface area contributed by atoms with Crippen LogP contribution in [0.15, 0.2) is 72.3 Å². The zero-order valence-electron chi connectivity index (χ0n) is 64.3. The number of aromatic amines is 2. The van der Waals surface area contributed by atoms with Crippen molar-refractivity contribution in [3.8, 4) is 0 Å². The maximum atomic E-state index is 14.6. The van der Waals surface area contributed by atoms with E-state index in [9.17, 15) is 87.2 Å². The number of carbonyl (C=O) groups excluding carboxylic acids is 11. The lowest BCUT2D eigenvalue weighted by Gasteiger charge is -2.37. The molecule has 40 heteroatoms. The van der Waals surface area contributed by atoms with Gasteiger partial charge in [-0.05, 0) is 79.9 Å². The number of aliphatic carboxylic acids is 3. The fourth-order valence-corrected chi connectivity index (χ4v) is 13.5. The Morgan fingerprint density at radius 3 is 1.69 bits per heavy atom. The number of primary amides is 2. The molecule has 0 aliphatic carbocycles. The summed E-state index contributed by atoms with van der Waals surface area (Å²) in [5.74, 6) is -11.9. The van der Waals surface area contributed by atoms with Crippen molar-refractivity contribution in [2.24, 2.45) is 23.3 Å². The lowest BCUT2D eigenvalue weighted by molar-refractivity contribution is -0.140. The highest BCUT2D eigenvalue weighted by molar-refractivity contribution is 7.98. The second-order valence-electron chi connectivity index (χ2n) is 28.8. The van der Waals surface area contributed by atoms with Crippen LogP contribution in [0.3, 0.4) is 0 Å². The van der Waals surface area contributed by atoms with Crippen LogP contribution in [0.2, 0.25) is 0 Å². The standard InChI is InChI=1S/C73H105N21O18S/c1-43(2)29-55(70(109)84-53(66(75)105)15-28-113-6)85-71(110)57(31-47-34-76-41-79-47)83-59(96)35-78-72(111)65(44(3)4)87-67(106)45(5)81-69(108)56(30-46-33-77-51-10-8-7-9-49(46)51)86-68(107)54(13-14-58(74)95)82-60(97)36-94-42-80-52-12-11-48(32-50(52)73(94)112)92-24-26-93(27-25-92)61(98)37-88-16-18-89(38-62(99)100)20-22-91(40-64(103)104)23-21-90(19-17-88)39-63(101)102/h7-12,32-34,41-45,53-57,65,77H,13-31,35-40H2,1-6H3,(H2,74,95)(H2,75,105)(H,76,79)(H,78,111)(H,81,108)(H,82,97)(H,83,96)(H,84,109)(H,85,110)(H,86,107)(H,87,106)(H,99,100)(H,101,102)(H,103,104)/t45-,53-,54-,55-,56-,57-,65-/m0/s1. The number of nitrogens with zero attached hydrogens (tertiary/aromatic N) is 9. The minimum Gasteiger partial charge on any atom is -0.480 e. The van der Waals surface area contributed by atoms with Crippen LogP contribution in [-0.4, -0.2) is 313 Å². The fourth-order valence-electron chi connectivity index (χ4n) is 13.0. The zero-order valence-corrected chi connectivity index (χ0v) is 65.1. The maximum absolute atomic E-state index is 14.6. The zero-order chi connectivity index (χ0) is 82.6. The van der Waals surface area contributed by atoms with E-state index in [2.05, 4.69) is 62.5 Å². The number of hydrogen-bond donors (Lipinski definition) is 15. The summed E-state index contributed by atoms with van der Waals surface area (Å²) >= 11 is 1.45. The number of piperazine rings is 1. The van der Waals surface area contributed by atoms with Gasteiger partial charge in [0, 0.05) is 132 Å². The highest BCUT2D eigenvalue weighted by atomic mass is 32.2. The van der Waals surface area contributed by atoms with Crippen molar-refractivity contribution in [2.45, 2.75) is 122 Å². The Balaban J connectivity index is 0.981. The van der Waals surface area contributed by atoms with Crippen molar-refractivity contribution < 1.29 is 82.4 Å². The number of hydrogen-bond acceptors (Lipinski definition) is 23. The monoisotopic (exact) mass is 1600 g/mol. The van der Waals surface area contributed by atoms with Crippen molar-refractivity contribution in [3.05, 3.63) is 89.1 Å². The molecule has 5 heterocycles. The van der Waals surface area contributed by atoms with Gasteiger partial charge in [-0.15, -0.1) is 0 Å². The van der Waals surface area contributed by atoms with E-state index in [1.54, 1.807) is 82.1 Å². The molecule has 2 saturated heterocycles. The molecule has 17 N–H and O–H groups in total. The first-order chi connectivity index (χ1) is 53.7. The Kier molecular flexibility index (Phi) is 34.4. The third-order valence-corrected chi connectivity index (χ3v) is 19.9. The van der Waals surface area contributed by atoms with Gasteiger partial charge in [-0.1, -0.05) is 45.9 Å². The summed E-state index contributed by atoms with van der Waals surface area (Å²) in [4.78, 5) is 225. The predicted molar refractivity (Wildman–Crippen MR) is 415 cm³/mol. The quantitative estimate of drug-likeness (QED) is 0.0177. The molecule has 2 aliphatic rings. The number of fused-ring (bicyclic) bond motifs is 2. The van der Waals surface area contributed by atoms with Crippen LogP contribution in [-0.2, 0) is 86.5 Å². The number of imidazole rings is 1. The highest BCUT2D eigenvalue weighted by Crippen LogP contribution is 2.23. The largest absolute Gasteiger partial charge is 0.480 e. The smallest absolute Gasteiger partial charge is 0.317 e. The number of benzene rings is 2. The van der Waals surface area contributed by atoms with Crippen LogP contribution in [0.25, 0.3) is 21.8 Å². The van der Waals surface area contributed by atoms with Gasteiger partial charge >= 0.3 is 17.9 Å². The van der Waals surface area contributed by atoms with Crippen molar-refractivity contribution in [1.82, 2.24) is 91.5 Å². The van der Waals surface area contributed by atoms with Crippen LogP contribution in [0.5, 0.6) is 0 Å². The van der Waals surface area contributed by atoms with Gasteiger partial charge in [0.15, 0.2) is 0 Å². The summed E-state index contributed by atoms with van der Waals surface area (Å²) in [5.41, 5.74) is 13.1. The van der Waals surface area contributed by atoms with E-state index >= 15 is 0 Å². The summed E-state index contributed by atoms with van der Waals surface area (Å²) < 4.78 is 1.02. The molecule has 7 atom stereocenters. The summed E-state index contributed by atoms with van der Waals surface area (Å²) in [6.07, 6.45) is 6.72. The van der Waals surface area contributed by atoms with Crippen molar-refractivity contribution in [2.75, 3.05) is 128 Å². The Morgan fingerprint density at radius 1 is 0.566 bits per heavy atom. The first kappa shape index (κ1) is 89.1. The lowest BCUT2D eigenvalue weighted by atomic mass is 10.0. The molecule has 3 aromatic heterocycles. The first-order valence-corrected chi connectivity index (χ1v) is 38.7. The van der Waals surface area contributed by atoms with E-state index in [1.807, 2.05) is 29.9 Å². The molecule has 0 unspecified atom stereocenters. The number of rotatable bonds is 40. The molecular formula is C73H105N21O18S. The van der Waals surface area contributed by atoms with Gasteiger partial charge in [0.1, 0.15) is 48.8 Å². The molecule has 0 spiro atoms. The molecule has 0 saturated carbocycles. The topological polar surface area (TPSA) is 547 Å². The first-order valence-electron chi connectivity index (χ1n) is 37.3. The third-order valence-electron chi connectivity index (χ3n) is 19.2. The van der Waals surface area contributed by atoms with Crippen LogP contribution >= 0.6 is 11.8 Å². The van der Waals surface area contributed by atoms with E-state index in [1.165, 1.54) is 31.2 Å². The minimum absolute atomic E-state index is 0.0519. The van der Waals surface area contributed by atoms with Crippen molar-refractivity contribution >= 4 is 122 Å². The van der Waals surface area contributed by atoms with Gasteiger partial charge in [0.2, 0.25) is 65.0 Å². The van der Waals surface area contributed by atoms with Gasteiger partial charge in [0.25, 0.3) is 5.56 Å². The Morgan fingerprint density at radius 2 is 1.12 bits per heavy atom. The molecule has 11 amide bonds. The van der Waals surface area contributed by atoms with Gasteiger partial charge in [-0.3, -0.25) is 96.1 Å². The number of para-hydroxylation sites is 1. The predicted octanol–water partition coefficient (Wildman–Crippen LogP) is -4.05. The molecular weight excluding hydrogens is 1490 g/mol. The van der Waals surface area contributed by atoms with Crippen LogP contribution in [0.1, 0.15) is 71.6 Å². The number of carboxylic acid groups (broad SMARTS) is 3. The van der Waals surface area contributed by atoms with E-state index in [4.69, 9.17) is 11.5 Å². The molecule has 2 fully saturated rings. The van der Waals surface area contributed by atoms with Gasteiger partial charge in [-0.2, -0.15) is 11.8 Å². The SMILES string of the molecule is CSCC[C@H](NC(=O)[C@H](CC(C)C)NC(=O)[C@H](Cc1cnc[nH]1)NC(=O)CNC(=O)[C@@H](NC(=O)[C@H](C)NC(=O)[C@H](Cc1c[nH]c2ccccc12)NC(=O)[C@H](CCC(N)=O)NC(=O)Cn1cnc2ccc(N3CCN(C(=O)CN4CCN(CC(=O)O)CCN(CC(=O)O)CCN(CC(=O)O)CC4)CC3)cc2c1=O)C(C)C)C(N)=O. The Bertz CT molecular complexity index is 4190. The summed E-state index contributed by atoms with van der Waals surface area (Å²) in [6, 6.07) is 2.91. The molecule has 2 aromatic carbocycles. The summed E-state index contributed by atoms with van der Waals surface area (Å²) in [5, 5.41) is 50.5. The van der Waals surface area contributed by atoms with Gasteiger partial charge < -0.3 is 89.1 Å². The number of carbonyl (C=O) groups is 14. The number of amides is 11. The Hall–Kier alpha value is -11.1. The maximum Gasteiger partial charge on any atom is 0.317 e. The van der Waals surface area contributed by atoms with Crippen LogP contribution in [0, 0.1) is 11.8 Å². The Labute approximate surface area is 655 Å². The average Bonchev–Trinajstić information content (AvgIpc) is 1.57. The second-order valence-corrected chi connectivity index (χ2v) is 29.8. The number of H-pyrrole nitrogens is 2. The number of carboxylic acids is 3. The van der Waals surface area contributed by atoms with Gasteiger partial charge in [-0.25, -0.2) is 9.97 Å². The van der Waals surface area contributed by atoms with E-state index in [0.29, 0.717) is 52.2 Å². The molecule has 113 heavy (non-hydrogen) atoms. The number of anilines is 1. The minimum atomic E-state index is -1.54. The van der Waals surface area contributed by atoms with Crippen LogP contribution < -0.4 is 64.5 Å². The number of aromatic nitrogens is 5. The average molecular weight is 1600 g/mol. The fraction of sp³-hybridized carbons (Fsp3) is 0.548. The lowest BCUT2D eigenvalue weighted by Crippen LogP contribution is -2.59. The summed E-state index contributed by atoms with van der Waals surface area (Å²) in [7, 11) is 0. The van der Waals surface area contributed by atoms with E-state index in [-0.39, 0.29) is 141 Å². The van der Waals surface area contributed by atoms with E-state index in [0.717, 1.165) is 10.9 Å². The normalized spacial score (nSPS) is 16.2. The summed E-state index contributed by atoms with van der Waals surface area (Å²) in [6.45, 7) is 8.97. The molecule has 616 valence electrons. The molecule has 7 rings (SSSR count). The number of nitrogens with one attached hydrogen (secondary N) is 10. The molecule has 0 bridgehead atoms. The van der Waals surface area contributed by atoms with Gasteiger partial charge in [0.05, 0.1) is 56.3 Å². The number of thioether (sulfide) groups is 1. The third kappa shape index (κ3) is 28.6. The molecule has 39 nitrogen and oxygen atoms in total. The van der Waals surface area contributed by atoms with Crippen LogP contribution in [0.4, 0.5) is 5.69 Å². The molecule has 0 radical (unpaired) electrons. The second kappa shape index (κ2) is 43.6.